The Kier molecular flexibility index (Phi) is 6.45. The molecule has 1 fully saturated rings. The van der Waals surface area contributed by atoms with E-state index in [1.807, 2.05) is 0 Å². The lowest BCUT2D eigenvalue weighted by Crippen LogP contribution is -2.38. The van der Waals surface area contributed by atoms with Gasteiger partial charge in [-0.1, -0.05) is 13.8 Å². The fourth-order valence-electron chi connectivity index (χ4n) is 2.35. The van der Waals surface area contributed by atoms with E-state index in [4.69, 9.17) is 4.74 Å². The Hall–Kier alpha value is -0.120. The van der Waals surface area contributed by atoms with Gasteiger partial charge < -0.3 is 15.0 Å². The third-order valence-corrected chi connectivity index (χ3v) is 3.86. The van der Waals surface area contributed by atoms with Gasteiger partial charge in [0.15, 0.2) is 0 Å². The molecule has 1 saturated heterocycles. The van der Waals surface area contributed by atoms with Crippen molar-refractivity contribution >= 4 is 0 Å². The molecule has 1 rings (SSSR count). The van der Waals surface area contributed by atoms with E-state index < -0.39 is 0 Å². The zero-order valence-corrected chi connectivity index (χ0v) is 12.1. The first-order valence-corrected chi connectivity index (χ1v) is 6.92. The number of rotatable bonds is 7. The molecular formula is C14H30N2O. The molecule has 1 heterocycles. The summed E-state index contributed by atoms with van der Waals surface area (Å²) in [6.07, 6.45) is 3.83. The second-order valence-electron chi connectivity index (χ2n) is 6.28. The molecule has 0 saturated carbocycles. The minimum Gasteiger partial charge on any atom is -0.385 e. The van der Waals surface area contributed by atoms with Gasteiger partial charge in [0.1, 0.15) is 0 Å². The lowest BCUT2D eigenvalue weighted by atomic mass is 9.89. The molecule has 1 aliphatic heterocycles. The van der Waals surface area contributed by atoms with Crippen molar-refractivity contribution in [1.82, 2.24) is 10.2 Å². The van der Waals surface area contributed by atoms with E-state index in [2.05, 4.69) is 31.1 Å². The van der Waals surface area contributed by atoms with E-state index in [1.54, 1.807) is 7.11 Å². The Labute approximate surface area is 107 Å². The van der Waals surface area contributed by atoms with E-state index in [0.29, 0.717) is 5.41 Å². The average Bonchev–Trinajstić information content (AvgIpc) is 2.29. The Morgan fingerprint density at radius 3 is 2.53 bits per heavy atom. The molecule has 0 spiro atoms. The van der Waals surface area contributed by atoms with Gasteiger partial charge in [0, 0.05) is 20.3 Å². The highest BCUT2D eigenvalue weighted by molar-refractivity contribution is 4.75. The van der Waals surface area contributed by atoms with Crippen LogP contribution in [0.5, 0.6) is 0 Å². The van der Waals surface area contributed by atoms with Gasteiger partial charge in [-0.15, -0.1) is 0 Å². The minimum atomic E-state index is 0.349. The van der Waals surface area contributed by atoms with Crippen LogP contribution >= 0.6 is 0 Å². The topological polar surface area (TPSA) is 24.5 Å². The summed E-state index contributed by atoms with van der Waals surface area (Å²) in [5.41, 5.74) is 0.349. The summed E-state index contributed by atoms with van der Waals surface area (Å²) in [6.45, 7) is 10.3. The minimum absolute atomic E-state index is 0.349. The first-order chi connectivity index (χ1) is 8.03. The zero-order chi connectivity index (χ0) is 12.7. The molecule has 0 atom stereocenters. The first kappa shape index (κ1) is 14.9. The van der Waals surface area contributed by atoms with Crippen LogP contribution in [-0.2, 0) is 4.74 Å². The van der Waals surface area contributed by atoms with Crippen LogP contribution in [-0.4, -0.2) is 51.8 Å². The number of hydrogen-bond donors (Lipinski definition) is 1. The predicted octanol–water partition coefficient (Wildman–Crippen LogP) is 1.98. The molecular weight excluding hydrogens is 212 g/mol. The van der Waals surface area contributed by atoms with Gasteiger partial charge in [-0.25, -0.2) is 0 Å². The third-order valence-electron chi connectivity index (χ3n) is 3.86. The van der Waals surface area contributed by atoms with Crippen molar-refractivity contribution in [1.29, 1.82) is 0 Å². The number of methoxy groups -OCH3 is 1. The molecule has 1 N–H and O–H groups in total. The largest absolute Gasteiger partial charge is 0.385 e. The molecule has 3 heteroatoms. The average molecular weight is 242 g/mol. The van der Waals surface area contributed by atoms with Crippen molar-refractivity contribution in [3.63, 3.8) is 0 Å². The lowest BCUT2D eigenvalue weighted by Gasteiger charge is -2.31. The molecule has 0 aliphatic carbocycles. The highest BCUT2D eigenvalue weighted by atomic mass is 16.5. The highest BCUT2D eigenvalue weighted by Gasteiger charge is 2.19. The normalized spacial score (nSPS) is 19.8. The number of piperidine rings is 1. The van der Waals surface area contributed by atoms with Gasteiger partial charge >= 0.3 is 0 Å². The summed E-state index contributed by atoms with van der Waals surface area (Å²) in [5, 5.41) is 3.65. The summed E-state index contributed by atoms with van der Waals surface area (Å²) >= 11 is 0. The van der Waals surface area contributed by atoms with Gasteiger partial charge in [0.25, 0.3) is 0 Å². The fourth-order valence-corrected chi connectivity index (χ4v) is 2.35. The van der Waals surface area contributed by atoms with Crippen LogP contribution in [0.4, 0.5) is 0 Å². The van der Waals surface area contributed by atoms with Crippen LogP contribution in [0.25, 0.3) is 0 Å². The Balaban J connectivity index is 2.10. The van der Waals surface area contributed by atoms with Gasteiger partial charge in [-0.05, 0) is 57.3 Å². The molecule has 0 unspecified atom stereocenters. The molecule has 0 aromatic heterocycles. The first-order valence-electron chi connectivity index (χ1n) is 6.92. The lowest BCUT2D eigenvalue weighted by molar-refractivity contribution is 0.148. The summed E-state index contributed by atoms with van der Waals surface area (Å²) in [5.74, 6) is 0.879. The van der Waals surface area contributed by atoms with E-state index in [-0.39, 0.29) is 0 Å². The van der Waals surface area contributed by atoms with Crippen molar-refractivity contribution in [3.05, 3.63) is 0 Å². The predicted molar refractivity (Wildman–Crippen MR) is 73.4 cm³/mol. The van der Waals surface area contributed by atoms with Crippen LogP contribution in [0, 0.1) is 11.3 Å². The molecule has 0 bridgehead atoms. The van der Waals surface area contributed by atoms with Crippen LogP contribution in [0.3, 0.4) is 0 Å². The van der Waals surface area contributed by atoms with Crippen LogP contribution in [0.2, 0.25) is 0 Å². The maximum atomic E-state index is 5.15. The summed E-state index contributed by atoms with van der Waals surface area (Å²) in [6, 6.07) is 0. The van der Waals surface area contributed by atoms with Crippen LogP contribution in [0.1, 0.15) is 33.1 Å². The maximum Gasteiger partial charge on any atom is 0.0467 e. The molecule has 17 heavy (non-hydrogen) atoms. The van der Waals surface area contributed by atoms with Gasteiger partial charge in [0.05, 0.1) is 0 Å². The Morgan fingerprint density at radius 1 is 1.29 bits per heavy atom. The van der Waals surface area contributed by atoms with Crippen molar-refractivity contribution in [2.75, 3.05) is 46.9 Å². The fraction of sp³-hybridized carbons (Fsp3) is 1.00. The van der Waals surface area contributed by atoms with Crippen LogP contribution < -0.4 is 5.32 Å². The smallest absolute Gasteiger partial charge is 0.0467 e. The van der Waals surface area contributed by atoms with Gasteiger partial charge in [-0.2, -0.15) is 0 Å². The standard InChI is InChI=1S/C14H30N2O/c1-14(2,7-10-17-4)12-15-11-13-5-8-16(3)9-6-13/h13,15H,5-12H2,1-4H3. The molecule has 0 aromatic rings. The molecule has 0 radical (unpaired) electrons. The number of hydrogen-bond acceptors (Lipinski definition) is 3. The van der Waals surface area contributed by atoms with Gasteiger partial charge in [-0.3, -0.25) is 0 Å². The number of nitrogens with zero attached hydrogens (tertiary/aromatic N) is 1. The third kappa shape index (κ3) is 6.39. The van der Waals surface area contributed by atoms with Crippen molar-refractivity contribution in [2.24, 2.45) is 11.3 Å². The zero-order valence-electron chi connectivity index (χ0n) is 12.1. The van der Waals surface area contributed by atoms with Crippen LogP contribution in [0.15, 0.2) is 0 Å². The van der Waals surface area contributed by atoms with Crippen molar-refractivity contribution in [3.8, 4) is 0 Å². The van der Waals surface area contributed by atoms with Crippen molar-refractivity contribution < 1.29 is 4.74 Å². The molecule has 102 valence electrons. The van der Waals surface area contributed by atoms with E-state index in [9.17, 15) is 0 Å². The summed E-state index contributed by atoms with van der Waals surface area (Å²) < 4.78 is 5.15. The Bertz CT molecular complexity index is 198. The van der Waals surface area contributed by atoms with Crippen molar-refractivity contribution in [2.45, 2.75) is 33.1 Å². The summed E-state index contributed by atoms with van der Waals surface area (Å²) in [7, 11) is 4.00. The molecule has 0 aromatic carbocycles. The molecule has 3 nitrogen and oxygen atoms in total. The van der Waals surface area contributed by atoms with E-state index in [0.717, 1.165) is 25.5 Å². The monoisotopic (exact) mass is 242 g/mol. The maximum absolute atomic E-state index is 5.15. The van der Waals surface area contributed by atoms with E-state index >= 15 is 0 Å². The number of ether oxygens (including phenoxy) is 1. The molecule has 0 amide bonds. The second-order valence-corrected chi connectivity index (χ2v) is 6.28. The highest BCUT2D eigenvalue weighted by Crippen LogP contribution is 2.20. The quantitative estimate of drug-likeness (QED) is 0.739. The number of likely N-dealkylation sites (tertiary alicyclic amines) is 1. The summed E-state index contributed by atoms with van der Waals surface area (Å²) in [4.78, 5) is 2.43. The van der Waals surface area contributed by atoms with E-state index in [1.165, 1.54) is 32.5 Å². The SMILES string of the molecule is COCCC(C)(C)CNCC1CCN(C)CC1. The molecule has 1 aliphatic rings. The Morgan fingerprint density at radius 2 is 1.94 bits per heavy atom. The number of nitrogens with one attached hydrogen (secondary N) is 1. The second kappa shape index (κ2) is 7.34. The van der Waals surface area contributed by atoms with Gasteiger partial charge in [0.2, 0.25) is 0 Å².